The fourth-order valence-corrected chi connectivity index (χ4v) is 4.87. The number of urea groups is 1. The van der Waals surface area contributed by atoms with E-state index in [2.05, 4.69) is 10.6 Å². The molecule has 0 unspecified atom stereocenters. The SMILES string of the molecule is CCOc1cc(/C=C2\C(=O)NC(=O)N(c3ccc(C)c(Cl)c3)C2=O)cc(I)c1OCC(=O)Nc1cccc(C)c1. The van der Waals surface area contributed by atoms with Crippen LogP contribution in [0.3, 0.4) is 0 Å². The molecule has 1 saturated heterocycles. The zero-order valence-corrected chi connectivity index (χ0v) is 24.8. The first-order chi connectivity index (χ1) is 19.1. The van der Waals surface area contributed by atoms with Gasteiger partial charge in [0.05, 0.1) is 15.9 Å². The van der Waals surface area contributed by atoms with E-state index < -0.39 is 17.8 Å². The fraction of sp³-hybridized carbons (Fsp3) is 0.172. The van der Waals surface area contributed by atoms with Crippen LogP contribution in [0.1, 0.15) is 23.6 Å². The summed E-state index contributed by atoms with van der Waals surface area (Å²) in [5.41, 5.74) is 2.88. The number of anilines is 2. The summed E-state index contributed by atoms with van der Waals surface area (Å²) in [7, 11) is 0. The van der Waals surface area contributed by atoms with Gasteiger partial charge >= 0.3 is 6.03 Å². The van der Waals surface area contributed by atoms with Crippen LogP contribution in [0.2, 0.25) is 5.02 Å². The number of nitrogens with zero attached hydrogens (tertiary/aromatic N) is 1. The van der Waals surface area contributed by atoms with Gasteiger partial charge in [0.2, 0.25) is 0 Å². The summed E-state index contributed by atoms with van der Waals surface area (Å²) in [6, 6.07) is 14.5. The summed E-state index contributed by atoms with van der Waals surface area (Å²) >= 11 is 8.22. The van der Waals surface area contributed by atoms with Crippen molar-refractivity contribution < 1.29 is 28.7 Å². The summed E-state index contributed by atoms with van der Waals surface area (Å²) in [4.78, 5) is 51.8. The molecule has 0 bridgehead atoms. The summed E-state index contributed by atoms with van der Waals surface area (Å²) in [6.07, 6.45) is 1.37. The maximum Gasteiger partial charge on any atom is 0.335 e. The maximum atomic E-state index is 13.3. The molecule has 0 aliphatic carbocycles. The second-order valence-electron chi connectivity index (χ2n) is 8.86. The first kappa shape index (κ1) is 29.1. The van der Waals surface area contributed by atoms with Gasteiger partial charge in [0, 0.05) is 10.7 Å². The quantitative estimate of drug-likeness (QED) is 0.182. The van der Waals surface area contributed by atoms with Crippen LogP contribution in [0, 0.1) is 17.4 Å². The second-order valence-corrected chi connectivity index (χ2v) is 10.4. The molecule has 0 radical (unpaired) electrons. The van der Waals surface area contributed by atoms with Gasteiger partial charge in [0.25, 0.3) is 17.7 Å². The lowest BCUT2D eigenvalue weighted by Crippen LogP contribution is -2.54. The van der Waals surface area contributed by atoms with Crippen LogP contribution in [-0.2, 0) is 14.4 Å². The highest BCUT2D eigenvalue weighted by atomic mass is 127. The largest absolute Gasteiger partial charge is 0.490 e. The van der Waals surface area contributed by atoms with Crippen molar-refractivity contribution in [3.05, 3.63) is 85.5 Å². The van der Waals surface area contributed by atoms with Crippen molar-refractivity contribution >= 4 is 75.4 Å². The number of carbonyl (C=O) groups is 4. The molecule has 3 aromatic carbocycles. The third-order valence-electron chi connectivity index (χ3n) is 5.81. The van der Waals surface area contributed by atoms with Crippen molar-refractivity contribution in [1.29, 1.82) is 0 Å². The predicted octanol–water partition coefficient (Wildman–Crippen LogP) is 5.64. The van der Waals surface area contributed by atoms with Crippen molar-refractivity contribution in [3.8, 4) is 11.5 Å². The first-order valence-corrected chi connectivity index (χ1v) is 13.7. The minimum Gasteiger partial charge on any atom is -0.490 e. The van der Waals surface area contributed by atoms with Gasteiger partial charge < -0.3 is 14.8 Å². The van der Waals surface area contributed by atoms with E-state index in [9.17, 15) is 19.2 Å². The van der Waals surface area contributed by atoms with Crippen LogP contribution >= 0.6 is 34.2 Å². The van der Waals surface area contributed by atoms with Crippen LogP contribution in [0.4, 0.5) is 16.2 Å². The van der Waals surface area contributed by atoms with Gasteiger partial charge in [-0.05, 0) is 103 Å². The molecule has 0 atom stereocenters. The number of imide groups is 2. The Hall–Kier alpha value is -3.90. The Morgan fingerprint density at radius 1 is 1.07 bits per heavy atom. The average molecular weight is 674 g/mol. The van der Waals surface area contributed by atoms with Gasteiger partial charge in [-0.1, -0.05) is 29.8 Å². The molecule has 0 saturated carbocycles. The summed E-state index contributed by atoms with van der Waals surface area (Å²) in [5.74, 6) is -1.30. The third-order valence-corrected chi connectivity index (χ3v) is 7.02. The molecule has 2 N–H and O–H groups in total. The van der Waals surface area contributed by atoms with Crippen LogP contribution in [0.5, 0.6) is 11.5 Å². The molecule has 206 valence electrons. The molecular weight excluding hydrogens is 649 g/mol. The minimum absolute atomic E-state index is 0.230. The molecule has 1 aliphatic heterocycles. The number of benzene rings is 3. The molecule has 1 heterocycles. The monoisotopic (exact) mass is 673 g/mol. The molecule has 0 spiro atoms. The van der Waals surface area contributed by atoms with E-state index in [0.717, 1.165) is 16.0 Å². The van der Waals surface area contributed by atoms with Crippen LogP contribution < -0.4 is 25.0 Å². The summed E-state index contributed by atoms with van der Waals surface area (Å²) in [5, 5.41) is 5.36. The van der Waals surface area contributed by atoms with Gasteiger partial charge in [0.15, 0.2) is 18.1 Å². The maximum absolute atomic E-state index is 13.3. The van der Waals surface area contributed by atoms with Crippen LogP contribution in [0.15, 0.2) is 60.2 Å². The number of rotatable bonds is 8. The number of aryl methyl sites for hydroxylation is 2. The number of carbonyl (C=O) groups excluding carboxylic acids is 4. The van der Waals surface area contributed by atoms with Crippen LogP contribution in [0.25, 0.3) is 6.08 Å². The number of hydrogen-bond acceptors (Lipinski definition) is 6. The molecule has 40 heavy (non-hydrogen) atoms. The topological polar surface area (TPSA) is 114 Å². The normalized spacial score (nSPS) is 14.3. The van der Waals surface area contributed by atoms with E-state index in [1.807, 2.05) is 47.7 Å². The second kappa shape index (κ2) is 12.5. The standard InChI is InChI=1S/C29H25ClIN3O6/c1-4-39-24-13-18(12-23(31)26(24)40-15-25(35)32-19-7-5-6-16(2)10-19)11-21-27(36)33-29(38)34(28(21)37)20-9-8-17(3)22(30)14-20/h5-14H,4,15H2,1-3H3,(H,32,35)(H,33,36,38)/b21-11+. The predicted molar refractivity (Wildman–Crippen MR) is 161 cm³/mol. The Morgan fingerprint density at radius 3 is 2.55 bits per heavy atom. The van der Waals surface area contributed by atoms with Gasteiger partial charge in [-0.15, -0.1) is 0 Å². The minimum atomic E-state index is -0.871. The molecule has 9 nitrogen and oxygen atoms in total. The zero-order valence-electron chi connectivity index (χ0n) is 21.8. The highest BCUT2D eigenvalue weighted by molar-refractivity contribution is 14.1. The number of nitrogens with one attached hydrogen (secondary N) is 2. The molecular formula is C29H25ClIN3O6. The molecule has 1 aliphatic rings. The molecule has 1 fully saturated rings. The number of halogens is 2. The summed E-state index contributed by atoms with van der Waals surface area (Å²) < 4.78 is 12.1. The van der Waals surface area contributed by atoms with Crippen molar-refractivity contribution in [2.75, 3.05) is 23.4 Å². The van der Waals surface area contributed by atoms with Crippen molar-refractivity contribution in [1.82, 2.24) is 5.32 Å². The number of ether oxygens (including phenoxy) is 2. The summed E-state index contributed by atoms with van der Waals surface area (Å²) in [6.45, 7) is 5.55. The van der Waals surface area contributed by atoms with Gasteiger partial charge in [-0.25, -0.2) is 9.69 Å². The van der Waals surface area contributed by atoms with Crippen molar-refractivity contribution in [3.63, 3.8) is 0 Å². The number of hydrogen-bond donors (Lipinski definition) is 2. The third kappa shape index (κ3) is 6.62. The number of amides is 5. The lowest BCUT2D eigenvalue weighted by atomic mass is 10.1. The molecule has 11 heteroatoms. The first-order valence-electron chi connectivity index (χ1n) is 12.2. The average Bonchev–Trinajstić information content (AvgIpc) is 2.88. The van der Waals surface area contributed by atoms with E-state index in [-0.39, 0.29) is 23.8 Å². The number of barbiturate groups is 1. The van der Waals surface area contributed by atoms with Crippen LogP contribution in [-0.4, -0.2) is 37.0 Å². The lowest BCUT2D eigenvalue weighted by Gasteiger charge is -2.26. The zero-order chi connectivity index (χ0) is 29.0. The Balaban J connectivity index is 1.59. The fourth-order valence-electron chi connectivity index (χ4n) is 3.91. The molecule has 5 amide bonds. The smallest absolute Gasteiger partial charge is 0.335 e. The van der Waals surface area contributed by atoms with Gasteiger partial charge in [-0.2, -0.15) is 0 Å². The molecule has 3 aromatic rings. The van der Waals surface area contributed by atoms with Gasteiger partial charge in [-0.3, -0.25) is 19.7 Å². The van der Waals surface area contributed by atoms with E-state index >= 15 is 0 Å². The molecule has 4 rings (SSSR count). The van der Waals surface area contributed by atoms with Crippen molar-refractivity contribution in [2.45, 2.75) is 20.8 Å². The Bertz CT molecular complexity index is 1550. The Labute approximate surface area is 249 Å². The van der Waals surface area contributed by atoms with E-state index in [1.165, 1.54) is 12.1 Å². The van der Waals surface area contributed by atoms with E-state index in [4.69, 9.17) is 21.1 Å². The Kier molecular flexibility index (Phi) is 9.10. The molecule has 0 aromatic heterocycles. The van der Waals surface area contributed by atoms with Crippen molar-refractivity contribution in [2.24, 2.45) is 0 Å². The van der Waals surface area contributed by atoms with E-state index in [1.54, 1.807) is 44.2 Å². The Morgan fingerprint density at radius 2 is 1.85 bits per heavy atom. The van der Waals surface area contributed by atoms with E-state index in [0.29, 0.717) is 37.9 Å². The lowest BCUT2D eigenvalue weighted by molar-refractivity contribution is -0.122. The van der Waals surface area contributed by atoms with Gasteiger partial charge in [0.1, 0.15) is 5.57 Å². The highest BCUT2D eigenvalue weighted by Gasteiger charge is 2.37. The highest BCUT2D eigenvalue weighted by Crippen LogP contribution is 2.35.